The summed E-state index contributed by atoms with van der Waals surface area (Å²) < 4.78 is 12.7. The fourth-order valence-corrected chi connectivity index (χ4v) is 7.07. The Kier molecular flexibility index (Phi) is 9.89. The summed E-state index contributed by atoms with van der Waals surface area (Å²) in [5, 5.41) is 6.02. The molecule has 0 radical (unpaired) electrons. The van der Waals surface area contributed by atoms with Crippen molar-refractivity contribution in [3.8, 4) is 0 Å². The lowest BCUT2D eigenvalue weighted by atomic mass is 10.2. The van der Waals surface area contributed by atoms with Crippen molar-refractivity contribution in [3.63, 3.8) is 0 Å². The molecule has 1 aliphatic carbocycles. The molecule has 2 saturated heterocycles. The van der Waals surface area contributed by atoms with Crippen LogP contribution in [0.3, 0.4) is 0 Å². The first-order chi connectivity index (χ1) is 21.6. The van der Waals surface area contributed by atoms with Crippen molar-refractivity contribution >= 4 is 35.9 Å². The molecule has 252 valence electrons. The third kappa shape index (κ3) is 8.53. The van der Waals surface area contributed by atoms with Crippen LogP contribution in [0.25, 0.3) is 0 Å². The molecule has 5 rings (SSSR count). The van der Waals surface area contributed by atoms with E-state index in [1.165, 1.54) is 24.3 Å². The van der Waals surface area contributed by atoms with Crippen molar-refractivity contribution in [2.75, 3.05) is 13.1 Å². The minimum absolute atomic E-state index is 0.0917. The van der Waals surface area contributed by atoms with Gasteiger partial charge in [0.25, 0.3) is 11.8 Å². The van der Waals surface area contributed by atoms with Gasteiger partial charge in [-0.25, -0.2) is 19.6 Å². The number of nitrogens with one attached hydrogen (secondary N) is 4. The van der Waals surface area contributed by atoms with E-state index in [-0.39, 0.29) is 47.4 Å². The van der Waals surface area contributed by atoms with Crippen LogP contribution in [0.5, 0.6) is 0 Å². The van der Waals surface area contributed by atoms with Crippen LogP contribution < -0.4 is 10.6 Å². The standard InChI is InChI=1S/C31H46N8O6S/c1-30(2,3)44-28(42)38-13-7-9-22(38)24-32-16-20(36-24)26(40)34-18-11-12-19(15-18)35-27(41)21-17-33-25(37-21)23-10-8-14-39(46-23)29(43)45-31(4,5)6/h16-19,22-23H,7-15H2,1-6H3,(H,32,36)(H,33,37)(H,34,40)(H,35,41)/t18-,19?,22+,23+/m1/s1. The summed E-state index contributed by atoms with van der Waals surface area (Å²) in [5.74, 6) is 0.671. The highest BCUT2D eigenvalue weighted by molar-refractivity contribution is 7.97. The van der Waals surface area contributed by atoms with E-state index in [9.17, 15) is 19.2 Å². The maximum Gasteiger partial charge on any atom is 0.420 e. The number of aromatic nitrogens is 4. The quantitative estimate of drug-likeness (QED) is 0.311. The molecule has 46 heavy (non-hydrogen) atoms. The predicted octanol–water partition coefficient (Wildman–Crippen LogP) is 5.01. The van der Waals surface area contributed by atoms with Crippen molar-refractivity contribution < 1.29 is 28.7 Å². The minimum Gasteiger partial charge on any atom is -0.444 e. The Morgan fingerprint density at radius 3 is 1.93 bits per heavy atom. The Morgan fingerprint density at radius 1 is 0.783 bits per heavy atom. The van der Waals surface area contributed by atoms with Crippen molar-refractivity contribution in [3.05, 3.63) is 35.4 Å². The summed E-state index contributed by atoms with van der Waals surface area (Å²) in [5.41, 5.74) is -0.489. The lowest BCUT2D eigenvalue weighted by Gasteiger charge is -2.32. The number of carbonyl (C=O) groups excluding carboxylic acids is 4. The van der Waals surface area contributed by atoms with Gasteiger partial charge in [0.2, 0.25) is 0 Å². The Balaban J connectivity index is 1.09. The average Bonchev–Trinajstić information content (AvgIpc) is 3.78. The highest BCUT2D eigenvalue weighted by Gasteiger charge is 2.36. The van der Waals surface area contributed by atoms with Crippen molar-refractivity contribution in [2.45, 2.75) is 121 Å². The molecule has 0 spiro atoms. The molecule has 1 unspecified atom stereocenters. The fourth-order valence-electron chi connectivity index (χ4n) is 5.91. The lowest BCUT2D eigenvalue weighted by Crippen LogP contribution is -2.37. The number of rotatable bonds is 6. The maximum absolute atomic E-state index is 13.0. The van der Waals surface area contributed by atoms with Gasteiger partial charge < -0.3 is 30.1 Å². The van der Waals surface area contributed by atoms with Crippen LogP contribution >= 0.6 is 11.9 Å². The van der Waals surface area contributed by atoms with Gasteiger partial charge in [-0.1, -0.05) is 0 Å². The molecular formula is C31H46N8O6S. The van der Waals surface area contributed by atoms with Crippen LogP contribution in [0.4, 0.5) is 9.59 Å². The van der Waals surface area contributed by atoms with Gasteiger partial charge in [0, 0.05) is 25.2 Å². The van der Waals surface area contributed by atoms with Crippen molar-refractivity contribution in [1.29, 1.82) is 0 Å². The zero-order valence-electron chi connectivity index (χ0n) is 27.5. The van der Waals surface area contributed by atoms with Gasteiger partial charge in [0.1, 0.15) is 34.2 Å². The summed E-state index contributed by atoms with van der Waals surface area (Å²) in [4.78, 5) is 68.1. The number of amides is 4. The van der Waals surface area contributed by atoms with Crippen LogP contribution in [0.15, 0.2) is 12.4 Å². The summed E-state index contributed by atoms with van der Waals surface area (Å²) in [6, 6.07) is -0.482. The Morgan fingerprint density at radius 2 is 1.33 bits per heavy atom. The summed E-state index contributed by atoms with van der Waals surface area (Å²) in [6.45, 7) is 12.2. The molecule has 4 atom stereocenters. The van der Waals surface area contributed by atoms with Crippen LogP contribution in [-0.2, 0) is 9.47 Å². The molecule has 2 aromatic heterocycles. The van der Waals surface area contributed by atoms with Gasteiger partial charge in [0.05, 0.1) is 23.7 Å². The second-order valence-electron chi connectivity index (χ2n) is 14.2. The number of hydrogen-bond acceptors (Lipinski definition) is 9. The Hall–Kier alpha value is -3.75. The van der Waals surface area contributed by atoms with Crippen molar-refractivity contribution in [2.24, 2.45) is 0 Å². The smallest absolute Gasteiger partial charge is 0.420 e. The molecule has 14 nitrogen and oxygen atoms in total. The minimum atomic E-state index is -0.598. The lowest BCUT2D eigenvalue weighted by molar-refractivity contribution is 0.0218. The Bertz CT molecular complexity index is 1430. The van der Waals surface area contributed by atoms with E-state index >= 15 is 0 Å². The van der Waals surface area contributed by atoms with E-state index in [0.29, 0.717) is 42.5 Å². The molecule has 3 fully saturated rings. The van der Waals surface area contributed by atoms with Crippen LogP contribution in [0.2, 0.25) is 0 Å². The first kappa shape index (κ1) is 33.6. The molecule has 2 aliphatic heterocycles. The van der Waals surface area contributed by atoms with E-state index in [2.05, 4.69) is 30.6 Å². The predicted molar refractivity (Wildman–Crippen MR) is 171 cm³/mol. The van der Waals surface area contributed by atoms with E-state index in [4.69, 9.17) is 9.47 Å². The van der Waals surface area contributed by atoms with E-state index in [1.807, 2.05) is 41.5 Å². The van der Waals surface area contributed by atoms with Crippen LogP contribution in [0, 0.1) is 0 Å². The van der Waals surface area contributed by atoms with Gasteiger partial charge in [-0.05, 0) is 98.4 Å². The third-order valence-corrected chi connectivity index (χ3v) is 9.26. The first-order valence-corrected chi connectivity index (χ1v) is 16.9. The number of ether oxygens (including phenoxy) is 2. The zero-order chi connectivity index (χ0) is 33.2. The van der Waals surface area contributed by atoms with Gasteiger partial charge in [-0.2, -0.15) is 0 Å². The van der Waals surface area contributed by atoms with E-state index < -0.39 is 11.2 Å². The maximum atomic E-state index is 13.0. The third-order valence-electron chi connectivity index (χ3n) is 7.96. The molecule has 3 aliphatic rings. The average molecular weight is 659 g/mol. The largest absolute Gasteiger partial charge is 0.444 e. The second kappa shape index (κ2) is 13.5. The first-order valence-electron chi connectivity index (χ1n) is 16.0. The number of nitrogens with zero attached hydrogens (tertiary/aromatic N) is 4. The van der Waals surface area contributed by atoms with Gasteiger partial charge in [0.15, 0.2) is 0 Å². The molecule has 15 heteroatoms. The van der Waals surface area contributed by atoms with Gasteiger partial charge in [-0.3, -0.25) is 18.8 Å². The summed E-state index contributed by atoms with van der Waals surface area (Å²) in [6.07, 6.45) is 7.49. The number of H-pyrrole nitrogens is 2. The van der Waals surface area contributed by atoms with Gasteiger partial charge >= 0.3 is 12.2 Å². The summed E-state index contributed by atoms with van der Waals surface area (Å²) >= 11 is 1.37. The monoisotopic (exact) mass is 658 g/mol. The SMILES string of the molecule is CC(C)(C)OC(=O)N1CCC[C@@H](c2ncc(C(=O)NC3CC[C@@H](NC(=O)c4cnc([C@@H]5CCCN5C(=O)OC(C)(C)C)[nH]4)C3)[nH]2)S1. The van der Waals surface area contributed by atoms with Crippen LogP contribution in [0.1, 0.15) is 130 Å². The van der Waals surface area contributed by atoms with E-state index in [1.54, 1.807) is 9.21 Å². The Labute approximate surface area is 273 Å². The number of imidazole rings is 2. The molecule has 4 N–H and O–H groups in total. The second-order valence-corrected chi connectivity index (χ2v) is 15.4. The molecule has 4 amide bonds. The molecule has 1 saturated carbocycles. The van der Waals surface area contributed by atoms with Crippen LogP contribution in [-0.4, -0.2) is 89.5 Å². The highest BCUT2D eigenvalue weighted by Crippen LogP contribution is 2.39. The number of aromatic amines is 2. The molecular weight excluding hydrogens is 612 g/mol. The topological polar surface area (TPSA) is 175 Å². The van der Waals surface area contributed by atoms with E-state index in [0.717, 1.165) is 38.5 Å². The normalized spacial score (nSPS) is 23.7. The molecule has 4 heterocycles. The molecule has 0 bridgehead atoms. The number of likely N-dealkylation sites (tertiary alicyclic amines) is 1. The molecule has 0 aromatic carbocycles. The summed E-state index contributed by atoms with van der Waals surface area (Å²) in [7, 11) is 0. The number of carbonyl (C=O) groups is 4. The fraction of sp³-hybridized carbons (Fsp3) is 0.677. The zero-order valence-corrected chi connectivity index (χ0v) is 28.3. The van der Waals surface area contributed by atoms with Gasteiger partial charge in [-0.15, -0.1) is 0 Å². The highest BCUT2D eigenvalue weighted by atomic mass is 32.2. The number of hydrogen-bond donors (Lipinski definition) is 4. The molecule has 2 aromatic rings. The van der Waals surface area contributed by atoms with Crippen molar-refractivity contribution in [1.82, 2.24) is 39.8 Å².